The molecule has 4 rings (SSSR count). The van der Waals surface area contributed by atoms with Crippen LogP contribution in [0.1, 0.15) is 29.3 Å². The molecule has 1 aliphatic heterocycles. The summed E-state index contributed by atoms with van der Waals surface area (Å²) in [5, 5.41) is 10.7. The number of methoxy groups -OCH3 is 2. The maximum absolute atomic E-state index is 12.8. The molecule has 7 heteroatoms. The van der Waals surface area contributed by atoms with E-state index in [0.717, 1.165) is 52.0 Å². The topological polar surface area (TPSA) is 64.5 Å². The number of amides is 1. The number of benzene rings is 2. The van der Waals surface area contributed by atoms with Crippen LogP contribution in [0.5, 0.6) is 11.5 Å². The predicted molar refractivity (Wildman–Crippen MR) is 117 cm³/mol. The summed E-state index contributed by atoms with van der Waals surface area (Å²) in [6.07, 6.45) is 2.42. The second-order valence-corrected chi connectivity index (χ2v) is 8.39. The first kappa shape index (κ1) is 20.3. The standard InChI is InChI=1S/C23H25N3O3S/c1-28-19-9-5-16(6-10-19)14-21(27)26-13-3-4-18(15-26)23-25-24-22(30-23)17-7-11-20(29-2)12-8-17/h5-12,18H,3-4,13-15H2,1-2H3. The number of aromatic nitrogens is 2. The van der Waals surface area contributed by atoms with Crippen LogP contribution in [0, 0.1) is 0 Å². The summed E-state index contributed by atoms with van der Waals surface area (Å²) in [5.74, 6) is 2.02. The molecule has 0 spiro atoms. The van der Waals surface area contributed by atoms with Gasteiger partial charge in [0.05, 0.1) is 20.6 Å². The summed E-state index contributed by atoms with van der Waals surface area (Å²) < 4.78 is 10.4. The first-order valence-corrected chi connectivity index (χ1v) is 10.9. The highest BCUT2D eigenvalue weighted by Gasteiger charge is 2.27. The minimum absolute atomic E-state index is 0.157. The Kier molecular flexibility index (Phi) is 6.28. The molecule has 1 unspecified atom stereocenters. The minimum Gasteiger partial charge on any atom is -0.497 e. The maximum atomic E-state index is 12.8. The normalized spacial score (nSPS) is 16.3. The Morgan fingerprint density at radius 1 is 1.03 bits per heavy atom. The van der Waals surface area contributed by atoms with Gasteiger partial charge in [-0.2, -0.15) is 0 Å². The van der Waals surface area contributed by atoms with E-state index < -0.39 is 0 Å². The first-order valence-electron chi connectivity index (χ1n) is 10.0. The van der Waals surface area contributed by atoms with Crippen LogP contribution in [0.4, 0.5) is 0 Å². The summed E-state index contributed by atoms with van der Waals surface area (Å²) in [5.41, 5.74) is 2.03. The lowest BCUT2D eigenvalue weighted by Gasteiger charge is -2.31. The third kappa shape index (κ3) is 4.62. The fraction of sp³-hybridized carbons (Fsp3) is 0.348. The van der Waals surface area contributed by atoms with Gasteiger partial charge >= 0.3 is 0 Å². The van der Waals surface area contributed by atoms with Crippen molar-refractivity contribution in [3.05, 3.63) is 59.1 Å². The molecule has 0 aliphatic carbocycles. The SMILES string of the molecule is COc1ccc(CC(=O)N2CCCC(c3nnc(-c4ccc(OC)cc4)s3)C2)cc1. The molecule has 6 nitrogen and oxygen atoms in total. The quantitative estimate of drug-likeness (QED) is 0.595. The van der Waals surface area contributed by atoms with Gasteiger partial charge in [-0.3, -0.25) is 4.79 Å². The van der Waals surface area contributed by atoms with Crippen LogP contribution in [0.15, 0.2) is 48.5 Å². The Balaban J connectivity index is 1.40. The molecule has 1 fully saturated rings. The molecule has 3 aromatic rings. The smallest absolute Gasteiger partial charge is 0.227 e. The van der Waals surface area contributed by atoms with Gasteiger partial charge in [-0.25, -0.2) is 0 Å². The lowest BCUT2D eigenvalue weighted by atomic mass is 9.98. The number of hydrogen-bond donors (Lipinski definition) is 0. The summed E-state index contributed by atoms with van der Waals surface area (Å²) in [4.78, 5) is 14.8. The van der Waals surface area contributed by atoms with Gasteiger partial charge in [0.1, 0.15) is 21.5 Å². The molecular formula is C23H25N3O3S. The number of piperidine rings is 1. The van der Waals surface area contributed by atoms with Crippen molar-refractivity contribution >= 4 is 17.2 Å². The molecule has 2 heterocycles. The monoisotopic (exact) mass is 423 g/mol. The van der Waals surface area contributed by atoms with Gasteiger partial charge in [0.15, 0.2) is 0 Å². The molecule has 0 saturated carbocycles. The van der Waals surface area contributed by atoms with E-state index in [1.807, 2.05) is 53.4 Å². The van der Waals surface area contributed by atoms with Gasteiger partial charge in [-0.15, -0.1) is 10.2 Å². The van der Waals surface area contributed by atoms with E-state index in [4.69, 9.17) is 9.47 Å². The van der Waals surface area contributed by atoms with Crippen molar-refractivity contribution in [3.63, 3.8) is 0 Å². The van der Waals surface area contributed by atoms with Crippen LogP contribution < -0.4 is 9.47 Å². The fourth-order valence-electron chi connectivity index (χ4n) is 3.68. The van der Waals surface area contributed by atoms with Crippen molar-refractivity contribution in [3.8, 4) is 22.1 Å². The number of rotatable bonds is 6. The van der Waals surface area contributed by atoms with Crippen molar-refractivity contribution in [1.82, 2.24) is 15.1 Å². The Labute approximate surface area is 180 Å². The number of ether oxygens (including phenoxy) is 2. The zero-order valence-electron chi connectivity index (χ0n) is 17.2. The molecule has 156 valence electrons. The Hall–Kier alpha value is -2.93. The van der Waals surface area contributed by atoms with Gasteiger partial charge in [0.25, 0.3) is 0 Å². The van der Waals surface area contributed by atoms with Crippen LogP contribution in [-0.2, 0) is 11.2 Å². The van der Waals surface area contributed by atoms with E-state index in [1.54, 1.807) is 25.6 Å². The summed E-state index contributed by atoms with van der Waals surface area (Å²) in [6, 6.07) is 15.5. The molecule has 1 amide bonds. The number of likely N-dealkylation sites (tertiary alicyclic amines) is 1. The maximum Gasteiger partial charge on any atom is 0.227 e. The van der Waals surface area contributed by atoms with Gasteiger partial charge in [-0.1, -0.05) is 23.5 Å². The van der Waals surface area contributed by atoms with Crippen molar-refractivity contribution in [1.29, 1.82) is 0 Å². The van der Waals surface area contributed by atoms with Gasteiger partial charge in [0.2, 0.25) is 5.91 Å². The molecule has 1 atom stereocenters. The first-order chi connectivity index (χ1) is 14.7. The van der Waals surface area contributed by atoms with Crippen LogP contribution in [-0.4, -0.2) is 48.3 Å². The number of hydrogen-bond acceptors (Lipinski definition) is 6. The average Bonchev–Trinajstić information content (AvgIpc) is 3.30. The highest BCUT2D eigenvalue weighted by atomic mass is 32.1. The van der Waals surface area contributed by atoms with Gasteiger partial charge < -0.3 is 14.4 Å². The van der Waals surface area contributed by atoms with Crippen molar-refractivity contribution in [2.45, 2.75) is 25.2 Å². The summed E-state index contributed by atoms with van der Waals surface area (Å²) in [7, 11) is 3.30. The van der Waals surface area contributed by atoms with E-state index in [9.17, 15) is 4.79 Å². The van der Waals surface area contributed by atoms with Crippen LogP contribution >= 0.6 is 11.3 Å². The van der Waals surface area contributed by atoms with Crippen molar-refractivity contribution < 1.29 is 14.3 Å². The zero-order chi connectivity index (χ0) is 20.9. The van der Waals surface area contributed by atoms with Gasteiger partial charge in [0, 0.05) is 24.6 Å². The minimum atomic E-state index is 0.157. The van der Waals surface area contributed by atoms with E-state index in [1.165, 1.54) is 0 Å². The van der Waals surface area contributed by atoms with Crippen LogP contribution in [0.25, 0.3) is 10.6 Å². The van der Waals surface area contributed by atoms with Crippen molar-refractivity contribution in [2.75, 3.05) is 27.3 Å². The molecule has 1 aliphatic rings. The average molecular weight is 424 g/mol. The van der Waals surface area contributed by atoms with E-state index in [0.29, 0.717) is 13.0 Å². The van der Waals surface area contributed by atoms with Crippen LogP contribution in [0.3, 0.4) is 0 Å². The highest BCUT2D eigenvalue weighted by molar-refractivity contribution is 7.14. The molecule has 0 bridgehead atoms. The second-order valence-electron chi connectivity index (χ2n) is 7.38. The molecule has 30 heavy (non-hydrogen) atoms. The Morgan fingerprint density at radius 2 is 1.70 bits per heavy atom. The molecule has 0 N–H and O–H groups in total. The molecule has 2 aromatic carbocycles. The molecule has 0 radical (unpaired) electrons. The van der Waals surface area contributed by atoms with E-state index in [-0.39, 0.29) is 11.8 Å². The number of carbonyl (C=O) groups is 1. The molecule has 1 saturated heterocycles. The second kappa shape index (κ2) is 9.26. The number of carbonyl (C=O) groups excluding carboxylic acids is 1. The third-order valence-corrected chi connectivity index (χ3v) is 6.55. The third-order valence-electron chi connectivity index (χ3n) is 5.42. The van der Waals surface area contributed by atoms with E-state index in [2.05, 4.69) is 10.2 Å². The lowest BCUT2D eigenvalue weighted by molar-refractivity contribution is -0.131. The number of nitrogens with zero attached hydrogens (tertiary/aromatic N) is 3. The largest absolute Gasteiger partial charge is 0.497 e. The van der Waals surface area contributed by atoms with Crippen molar-refractivity contribution in [2.24, 2.45) is 0 Å². The van der Waals surface area contributed by atoms with E-state index >= 15 is 0 Å². The lowest BCUT2D eigenvalue weighted by Crippen LogP contribution is -2.39. The molecule has 1 aromatic heterocycles. The summed E-state index contributed by atoms with van der Waals surface area (Å²) >= 11 is 1.61. The Bertz CT molecular complexity index is 986. The van der Waals surface area contributed by atoms with Gasteiger partial charge in [-0.05, 0) is 54.8 Å². The molecular weight excluding hydrogens is 398 g/mol. The highest BCUT2D eigenvalue weighted by Crippen LogP contribution is 2.33. The van der Waals surface area contributed by atoms with Crippen LogP contribution in [0.2, 0.25) is 0 Å². The Morgan fingerprint density at radius 3 is 2.37 bits per heavy atom. The zero-order valence-corrected chi connectivity index (χ0v) is 18.0. The summed E-state index contributed by atoms with van der Waals surface area (Å²) in [6.45, 7) is 1.50. The fourth-order valence-corrected chi connectivity index (χ4v) is 4.66. The predicted octanol–water partition coefficient (Wildman–Crippen LogP) is 4.17.